The van der Waals surface area contributed by atoms with Crippen LogP contribution in [-0.2, 0) is 9.31 Å². The minimum Gasteiger partial charge on any atom is -0.399 e. The summed E-state index contributed by atoms with van der Waals surface area (Å²) in [5, 5.41) is 4.22. The molecule has 1 aliphatic rings. The first-order chi connectivity index (χ1) is 10.2. The summed E-state index contributed by atoms with van der Waals surface area (Å²) in [7, 11) is -0.587. The van der Waals surface area contributed by atoms with Gasteiger partial charge in [-0.05, 0) is 63.8 Å². The molecule has 0 radical (unpaired) electrons. The second kappa shape index (κ2) is 4.93. The fourth-order valence-corrected chi connectivity index (χ4v) is 2.40. The molecule has 0 N–H and O–H groups in total. The topological polar surface area (TPSA) is 36.3 Å². The maximum atomic E-state index is 14.0. The van der Waals surface area contributed by atoms with Crippen LogP contribution in [-0.4, -0.2) is 28.1 Å². The zero-order chi connectivity index (χ0) is 16.1. The number of rotatable bonds is 2. The van der Waals surface area contributed by atoms with E-state index in [2.05, 4.69) is 5.10 Å². The van der Waals surface area contributed by atoms with E-state index in [0.717, 1.165) is 5.56 Å². The summed E-state index contributed by atoms with van der Waals surface area (Å²) in [6.07, 6.45) is 3.59. The SMILES string of the molecule is Cc1cnn(-c2cc(F)cc(B3OC(C)(C)C(C)(C)O3)c2)c1. The van der Waals surface area contributed by atoms with Gasteiger partial charge in [0.2, 0.25) is 0 Å². The van der Waals surface area contributed by atoms with Crippen LogP contribution in [0.4, 0.5) is 4.39 Å². The van der Waals surface area contributed by atoms with Crippen molar-refractivity contribution in [1.29, 1.82) is 0 Å². The molecule has 1 saturated heterocycles. The third-order valence-corrected chi connectivity index (χ3v) is 4.41. The van der Waals surface area contributed by atoms with Crippen LogP contribution >= 0.6 is 0 Å². The van der Waals surface area contributed by atoms with E-state index in [1.54, 1.807) is 10.9 Å². The van der Waals surface area contributed by atoms with Crippen molar-refractivity contribution >= 4 is 12.6 Å². The van der Waals surface area contributed by atoms with Gasteiger partial charge in [0, 0.05) is 6.20 Å². The minimum absolute atomic E-state index is 0.338. The van der Waals surface area contributed by atoms with E-state index in [1.807, 2.05) is 46.9 Å². The summed E-state index contributed by atoms with van der Waals surface area (Å²) in [5.74, 6) is -0.338. The van der Waals surface area contributed by atoms with Crippen LogP contribution in [0.15, 0.2) is 30.6 Å². The van der Waals surface area contributed by atoms with Gasteiger partial charge in [0.1, 0.15) is 5.82 Å². The smallest absolute Gasteiger partial charge is 0.399 e. The number of hydrogen-bond acceptors (Lipinski definition) is 3. The first-order valence-electron chi connectivity index (χ1n) is 7.36. The van der Waals surface area contributed by atoms with Gasteiger partial charge in [-0.2, -0.15) is 5.10 Å². The Morgan fingerprint density at radius 1 is 1.09 bits per heavy atom. The van der Waals surface area contributed by atoms with Gasteiger partial charge in [-0.25, -0.2) is 9.07 Å². The summed E-state index contributed by atoms with van der Waals surface area (Å²) in [6, 6.07) is 4.74. The molecular weight excluding hydrogens is 282 g/mol. The van der Waals surface area contributed by atoms with Crippen molar-refractivity contribution in [3.05, 3.63) is 42.0 Å². The molecule has 1 fully saturated rings. The van der Waals surface area contributed by atoms with Gasteiger partial charge in [0.05, 0.1) is 23.1 Å². The van der Waals surface area contributed by atoms with Crippen molar-refractivity contribution in [3.63, 3.8) is 0 Å². The molecule has 6 heteroatoms. The molecule has 0 saturated carbocycles. The molecule has 0 spiro atoms. The van der Waals surface area contributed by atoms with E-state index >= 15 is 0 Å². The maximum absolute atomic E-state index is 14.0. The molecule has 0 aliphatic carbocycles. The average molecular weight is 302 g/mol. The van der Waals surface area contributed by atoms with E-state index in [-0.39, 0.29) is 5.82 Å². The normalized spacial score (nSPS) is 19.6. The van der Waals surface area contributed by atoms with Crippen molar-refractivity contribution in [2.45, 2.75) is 45.8 Å². The standard InChI is InChI=1S/C16H20BFN2O2/c1-11-9-19-20(10-11)14-7-12(6-13(18)8-14)17-21-15(2,3)16(4,5)22-17/h6-10H,1-5H3. The van der Waals surface area contributed by atoms with Gasteiger partial charge in [0.25, 0.3) is 0 Å². The second-order valence-corrected chi connectivity index (χ2v) is 6.79. The van der Waals surface area contributed by atoms with Crippen molar-refractivity contribution in [3.8, 4) is 5.69 Å². The lowest BCUT2D eigenvalue weighted by Crippen LogP contribution is -2.41. The highest BCUT2D eigenvalue weighted by molar-refractivity contribution is 6.62. The summed E-state index contributed by atoms with van der Waals surface area (Å²) < 4.78 is 27.6. The molecule has 1 aliphatic heterocycles. The van der Waals surface area contributed by atoms with Crippen LogP contribution < -0.4 is 5.46 Å². The quantitative estimate of drug-likeness (QED) is 0.800. The van der Waals surface area contributed by atoms with Crippen molar-refractivity contribution in [2.24, 2.45) is 0 Å². The van der Waals surface area contributed by atoms with Crippen LogP contribution in [0, 0.1) is 12.7 Å². The largest absolute Gasteiger partial charge is 0.495 e. The molecule has 22 heavy (non-hydrogen) atoms. The Morgan fingerprint density at radius 2 is 1.73 bits per heavy atom. The van der Waals surface area contributed by atoms with Gasteiger partial charge in [-0.1, -0.05) is 0 Å². The molecule has 0 unspecified atom stereocenters. The molecular formula is C16H20BFN2O2. The van der Waals surface area contributed by atoms with Gasteiger partial charge in [-0.15, -0.1) is 0 Å². The van der Waals surface area contributed by atoms with E-state index in [1.165, 1.54) is 12.1 Å². The van der Waals surface area contributed by atoms with Gasteiger partial charge in [-0.3, -0.25) is 0 Å². The molecule has 0 atom stereocenters. The molecule has 1 aromatic heterocycles. The molecule has 1 aromatic carbocycles. The lowest BCUT2D eigenvalue weighted by atomic mass is 9.79. The monoisotopic (exact) mass is 302 g/mol. The number of halogens is 1. The van der Waals surface area contributed by atoms with Crippen LogP contribution in [0.1, 0.15) is 33.3 Å². The number of aryl methyl sites for hydroxylation is 1. The fraction of sp³-hybridized carbons (Fsp3) is 0.438. The predicted octanol–water partition coefficient (Wildman–Crippen LogP) is 2.62. The zero-order valence-electron chi connectivity index (χ0n) is 13.6. The van der Waals surface area contributed by atoms with Crippen molar-refractivity contribution in [1.82, 2.24) is 9.78 Å². The first-order valence-corrected chi connectivity index (χ1v) is 7.36. The van der Waals surface area contributed by atoms with Gasteiger partial charge >= 0.3 is 7.12 Å². The van der Waals surface area contributed by atoms with Crippen LogP contribution in [0.25, 0.3) is 5.69 Å². The van der Waals surface area contributed by atoms with Gasteiger partial charge in [0.15, 0.2) is 0 Å². The third-order valence-electron chi connectivity index (χ3n) is 4.41. The van der Waals surface area contributed by atoms with Crippen molar-refractivity contribution < 1.29 is 13.7 Å². The van der Waals surface area contributed by atoms with Crippen LogP contribution in [0.5, 0.6) is 0 Å². The second-order valence-electron chi connectivity index (χ2n) is 6.79. The Kier molecular flexibility index (Phi) is 3.42. The predicted molar refractivity (Wildman–Crippen MR) is 84.0 cm³/mol. The average Bonchev–Trinajstić information content (AvgIpc) is 2.91. The molecule has 116 valence electrons. The number of hydrogen-bond donors (Lipinski definition) is 0. The van der Waals surface area contributed by atoms with Gasteiger partial charge < -0.3 is 9.31 Å². The Morgan fingerprint density at radius 3 is 2.27 bits per heavy atom. The number of aromatic nitrogens is 2. The molecule has 2 aromatic rings. The Hall–Kier alpha value is -1.66. The third kappa shape index (κ3) is 2.57. The fourth-order valence-electron chi connectivity index (χ4n) is 2.40. The Balaban J connectivity index is 1.98. The molecule has 0 amide bonds. The summed E-state index contributed by atoms with van der Waals surface area (Å²) in [6.45, 7) is 9.85. The van der Waals surface area contributed by atoms with E-state index < -0.39 is 18.3 Å². The van der Waals surface area contributed by atoms with Crippen LogP contribution in [0.3, 0.4) is 0 Å². The Labute approximate surface area is 130 Å². The highest BCUT2D eigenvalue weighted by Crippen LogP contribution is 2.36. The molecule has 3 rings (SSSR count). The summed E-state index contributed by atoms with van der Waals surface area (Å²) in [5.41, 5.74) is 1.42. The van der Waals surface area contributed by atoms with Crippen LogP contribution in [0.2, 0.25) is 0 Å². The highest BCUT2D eigenvalue weighted by Gasteiger charge is 2.51. The lowest BCUT2D eigenvalue weighted by molar-refractivity contribution is 0.00578. The lowest BCUT2D eigenvalue weighted by Gasteiger charge is -2.32. The Bertz CT molecular complexity index is 696. The molecule has 2 heterocycles. The van der Waals surface area contributed by atoms with E-state index in [4.69, 9.17) is 9.31 Å². The number of benzene rings is 1. The summed E-state index contributed by atoms with van der Waals surface area (Å²) in [4.78, 5) is 0. The zero-order valence-corrected chi connectivity index (χ0v) is 13.6. The first kappa shape index (κ1) is 15.2. The maximum Gasteiger partial charge on any atom is 0.495 e. The number of nitrogens with zero attached hydrogens (tertiary/aromatic N) is 2. The van der Waals surface area contributed by atoms with Crippen molar-refractivity contribution in [2.75, 3.05) is 0 Å². The highest BCUT2D eigenvalue weighted by atomic mass is 19.1. The minimum atomic E-state index is -0.587. The van der Waals surface area contributed by atoms with E-state index in [0.29, 0.717) is 11.2 Å². The molecule has 4 nitrogen and oxygen atoms in total. The van der Waals surface area contributed by atoms with E-state index in [9.17, 15) is 4.39 Å². The molecule has 0 bridgehead atoms. The summed E-state index contributed by atoms with van der Waals surface area (Å²) >= 11 is 0.